The lowest BCUT2D eigenvalue weighted by molar-refractivity contribution is 0.0903. The van der Waals surface area contributed by atoms with Crippen molar-refractivity contribution in [2.75, 3.05) is 75.5 Å². The first-order valence-electron chi connectivity index (χ1n) is 14.8. The number of fused-ring (bicyclic) bond motifs is 1. The van der Waals surface area contributed by atoms with Gasteiger partial charge in [0, 0.05) is 76.3 Å². The Balaban J connectivity index is 1.24. The van der Waals surface area contributed by atoms with Crippen molar-refractivity contribution in [3.8, 4) is 11.1 Å². The Morgan fingerprint density at radius 1 is 1.00 bits per heavy atom. The Bertz CT molecular complexity index is 1330. The number of nitrogen functional groups attached to an aromatic ring is 1. The van der Waals surface area contributed by atoms with Gasteiger partial charge in [-0.3, -0.25) is 4.90 Å². The second-order valence-corrected chi connectivity index (χ2v) is 11.4. The number of piperazine rings is 1. The molecule has 0 unspecified atom stereocenters. The van der Waals surface area contributed by atoms with Crippen LogP contribution in [0.2, 0.25) is 0 Å². The number of rotatable bonds is 6. The fourth-order valence-electron chi connectivity index (χ4n) is 6.29. The fraction of sp³-hybridized carbons (Fsp3) is 0.567. The molecule has 0 aliphatic carbocycles. The van der Waals surface area contributed by atoms with Gasteiger partial charge in [-0.15, -0.1) is 0 Å². The van der Waals surface area contributed by atoms with E-state index < -0.39 is 0 Å². The summed E-state index contributed by atoms with van der Waals surface area (Å²) in [4.78, 5) is 21.5. The van der Waals surface area contributed by atoms with Gasteiger partial charge in [-0.25, -0.2) is 19.3 Å². The van der Waals surface area contributed by atoms with Gasteiger partial charge >= 0.3 is 0 Å². The third-order valence-electron chi connectivity index (χ3n) is 8.81. The minimum atomic E-state index is -0.223. The molecule has 0 bridgehead atoms. The van der Waals surface area contributed by atoms with Crippen LogP contribution in [0.4, 0.5) is 21.7 Å². The van der Waals surface area contributed by atoms with E-state index in [1.54, 1.807) is 12.3 Å². The first kappa shape index (κ1) is 27.1. The van der Waals surface area contributed by atoms with Crippen LogP contribution >= 0.6 is 0 Å². The average Bonchev–Trinajstić information content (AvgIpc) is 2.98. The van der Waals surface area contributed by atoms with Crippen molar-refractivity contribution in [2.45, 2.75) is 51.1 Å². The lowest BCUT2D eigenvalue weighted by Gasteiger charge is -2.42. The molecule has 214 valence electrons. The molecule has 0 saturated carbocycles. The first-order valence-corrected chi connectivity index (χ1v) is 14.8. The van der Waals surface area contributed by atoms with Gasteiger partial charge in [0.15, 0.2) is 5.82 Å². The van der Waals surface area contributed by atoms with Crippen molar-refractivity contribution >= 4 is 28.4 Å². The predicted octanol–water partition coefficient (Wildman–Crippen LogP) is 3.78. The van der Waals surface area contributed by atoms with Crippen LogP contribution in [0.3, 0.4) is 0 Å². The molecular formula is C30H41FN8O. The Labute approximate surface area is 235 Å². The summed E-state index contributed by atoms with van der Waals surface area (Å²) in [6, 6.07) is 6.35. The standard InChI is InChI=1S/C30H41FN8O/c1-3-25-30(34-21-8-16-40-17-9-21)36-27-23(19-33-29(32)28(27)35-25)20-4-5-26(24(31)18-20)39-10-6-22(7-11-39)38-14-12-37(2)13-15-38/h4-5,18-19,21-22H,3,6-17H2,1-2H3,(H2,32,33)(H,34,36). The topological polar surface area (TPSA) is 95.7 Å². The van der Waals surface area contributed by atoms with E-state index in [0.717, 1.165) is 101 Å². The number of benzene rings is 1. The number of nitrogens with one attached hydrogen (secondary N) is 1. The number of aryl methyl sites for hydroxylation is 1. The van der Waals surface area contributed by atoms with Crippen molar-refractivity contribution in [1.82, 2.24) is 24.8 Å². The quantitative estimate of drug-likeness (QED) is 0.477. The molecule has 10 heteroatoms. The summed E-state index contributed by atoms with van der Waals surface area (Å²) in [6.45, 7) is 9.78. The molecular weight excluding hydrogens is 507 g/mol. The highest BCUT2D eigenvalue weighted by atomic mass is 19.1. The summed E-state index contributed by atoms with van der Waals surface area (Å²) >= 11 is 0. The number of nitrogens with zero attached hydrogens (tertiary/aromatic N) is 6. The summed E-state index contributed by atoms with van der Waals surface area (Å²) in [6.07, 6.45) is 6.38. The van der Waals surface area contributed by atoms with Gasteiger partial charge < -0.3 is 25.6 Å². The van der Waals surface area contributed by atoms with Gasteiger partial charge in [-0.1, -0.05) is 13.0 Å². The molecule has 2 aromatic heterocycles. The van der Waals surface area contributed by atoms with Crippen molar-refractivity contribution in [2.24, 2.45) is 0 Å². The smallest absolute Gasteiger partial charge is 0.151 e. The van der Waals surface area contributed by atoms with Crippen LogP contribution in [0.5, 0.6) is 0 Å². The summed E-state index contributed by atoms with van der Waals surface area (Å²) in [7, 11) is 2.19. The number of pyridine rings is 1. The Morgan fingerprint density at radius 2 is 1.75 bits per heavy atom. The van der Waals surface area contributed by atoms with Crippen LogP contribution < -0.4 is 16.0 Å². The fourth-order valence-corrected chi connectivity index (χ4v) is 6.29. The number of aromatic nitrogens is 3. The van der Waals surface area contributed by atoms with Gasteiger partial charge in [0.1, 0.15) is 22.7 Å². The van der Waals surface area contributed by atoms with Crippen molar-refractivity contribution in [3.63, 3.8) is 0 Å². The average molecular weight is 549 g/mol. The Kier molecular flexibility index (Phi) is 8.00. The molecule has 1 aromatic carbocycles. The van der Waals surface area contributed by atoms with E-state index in [2.05, 4.69) is 39.0 Å². The molecule has 3 aliphatic heterocycles. The second kappa shape index (κ2) is 11.8. The third-order valence-corrected chi connectivity index (χ3v) is 8.81. The highest BCUT2D eigenvalue weighted by Gasteiger charge is 2.28. The molecule has 3 aromatic rings. The van der Waals surface area contributed by atoms with Crippen molar-refractivity contribution in [3.05, 3.63) is 35.9 Å². The number of nitrogens with two attached hydrogens (primary N) is 1. The van der Waals surface area contributed by atoms with E-state index in [9.17, 15) is 0 Å². The number of likely N-dealkylation sites (N-methyl/N-ethyl adjacent to an activating group) is 1. The lowest BCUT2D eigenvalue weighted by Crippen LogP contribution is -2.52. The van der Waals surface area contributed by atoms with E-state index >= 15 is 4.39 Å². The number of halogens is 1. The zero-order chi connectivity index (χ0) is 27.6. The molecule has 3 fully saturated rings. The molecule has 3 N–H and O–H groups in total. The monoisotopic (exact) mass is 548 g/mol. The zero-order valence-electron chi connectivity index (χ0n) is 23.7. The predicted molar refractivity (Wildman–Crippen MR) is 158 cm³/mol. The SMILES string of the molecule is CCc1nc2c(N)ncc(-c3ccc(N4CCC(N5CCN(C)CC5)CC4)c(F)c3)c2nc1NC1CCOCC1. The maximum absolute atomic E-state index is 15.6. The summed E-state index contributed by atoms with van der Waals surface area (Å²) in [5.74, 6) is 0.868. The van der Waals surface area contributed by atoms with Gasteiger partial charge in [0.05, 0.1) is 11.4 Å². The lowest BCUT2D eigenvalue weighted by atomic mass is 10.0. The Morgan fingerprint density at radius 3 is 2.45 bits per heavy atom. The van der Waals surface area contributed by atoms with Gasteiger partial charge in [0.2, 0.25) is 0 Å². The summed E-state index contributed by atoms with van der Waals surface area (Å²) in [5.41, 5.74) is 10.4. The van der Waals surface area contributed by atoms with Crippen molar-refractivity contribution < 1.29 is 9.13 Å². The second-order valence-electron chi connectivity index (χ2n) is 11.4. The maximum atomic E-state index is 15.6. The zero-order valence-corrected chi connectivity index (χ0v) is 23.7. The molecule has 0 amide bonds. The summed E-state index contributed by atoms with van der Waals surface area (Å²) in [5, 5.41) is 3.58. The van der Waals surface area contributed by atoms with Crippen molar-refractivity contribution in [1.29, 1.82) is 0 Å². The van der Waals surface area contributed by atoms with E-state index in [1.165, 1.54) is 0 Å². The number of hydrogen-bond acceptors (Lipinski definition) is 9. The largest absolute Gasteiger partial charge is 0.382 e. The molecule has 40 heavy (non-hydrogen) atoms. The molecule has 3 aliphatic rings. The minimum absolute atomic E-state index is 0.223. The molecule has 9 nitrogen and oxygen atoms in total. The van der Waals surface area contributed by atoms with Gasteiger partial charge in [-0.05, 0) is 56.8 Å². The normalized spacial score (nSPS) is 20.3. The number of ether oxygens (including phenoxy) is 1. The number of hydrogen-bond donors (Lipinski definition) is 2. The van der Waals surface area contributed by atoms with E-state index in [0.29, 0.717) is 35.0 Å². The molecule has 0 spiro atoms. The van der Waals surface area contributed by atoms with Gasteiger partial charge in [0.25, 0.3) is 0 Å². The molecule has 6 rings (SSSR count). The minimum Gasteiger partial charge on any atom is -0.382 e. The maximum Gasteiger partial charge on any atom is 0.151 e. The molecule has 0 atom stereocenters. The number of anilines is 3. The van der Waals surface area contributed by atoms with Crippen LogP contribution in [0.15, 0.2) is 24.4 Å². The van der Waals surface area contributed by atoms with Crippen LogP contribution in [-0.4, -0.2) is 96.4 Å². The van der Waals surface area contributed by atoms with Gasteiger partial charge in [-0.2, -0.15) is 0 Å². The number of piperidine rings is 1. The Hall–Kier alpha value is -3.08. The highest BCUT2D eigenvalue weighted by molar-refractivity contribution is 5.97. The highest BCUT2D eigenvalue weighted by Crippen LogP contribution is 2.34. The van der Waals surface area contributed by atoms with E-state index in [1.807, 2.05) is 12.1 Å². The van der Waals surface area contributed by atoms with E-state index in [4.69, 9.17) is 20.4 Å². The third kappa shape index (κ3) is 5.57. The molecule has 5 heterocycles. The first-order chi connectivity index (χ1) is 19.5. The summed E-state index contributed by atoms with van der Waals surface area (Å²) < 4.78 is 21.2. The van der Waals surface area contributed by atoms with Crippen LogP contribution in [0.1, 0.15) is 38.3 Å². The van der Waals surface area contributed by atoms with Crippen LogP contribution in [-0.2, 0) is 11.2 Å². The van der Waals surface area contributed by atoms with Crippen LogP contribution in [0.25, 0.3) is 22.2 Å². The molecule has 0 radical (unpaired) electrons. The van der Waals surface area contributed by atoms with Crippen LogP contribution in [0, 0.1) is 5.82 Å². The van der Waals surface area contributed by atoms with E-state index in [-0.39, 0.29) is 11.9 Å². The molecule has 3 saturated heterocycles.